The number of nitrogens with one attached hydrogen (secondary N) is 2. The van der Waals surface area contributed by atoms with Crippen molar-refractivity contribution < 1.29 is 4.79 Å². The van der Waals surface area contributed by atoms with E-state index in [4.69, 9.17) is 0 Å². The Morgan fingerprint density at radius 1 is 1.24 bits per heavy atom. The fourth-order valence-electron chi connectivity index (χ4n) is 1.34. The lowest BCUT2D eigenvalue weighted by atomic mass is 10.3. The molecule has 0 saturated heterocycles. The molecular weight excluding hydrogens is 216 g/mol. The summed E-state index contributed by atoms with van der Waals surface area (Å²) in [4.78, 5) is 19.6. The molecule has 2 aromatic heterocycles. The van der Waals surface area contributed by atoms with Gasteiger partial charge in [-0.2, -0.15) is 0 Å². The molecule has 5 heteroatoms. The highest BCUT2D eigenvalue weighted by Crippen LogP contribution is 2.12. The Bertz CT molecular complexity index is 513. The number of hydrogen-bond acceptors (Lipinski definition) is 4. The molecule has 0 spiro atoms. The van der Waals surface area contributed by atoms with Crippen molar-refractivity contribution in [3.05, 3.63) is 48.4 Å². The first-order valence-corrected chi connectivity index (χ1v) is 5.16. The fourth-order valence-corrected chi connectivity index (χ4v) is 1.34. The molecule has 0 aromatic carbocycles. The number of hydrogen-bond donors (Lipinski definition) is 2. The van der Waals surface area contributed by atoms with Crippen LogP contribution in [-0.4, -0.2) is 22.9 Å². The average molecular weight is 228 g/mol. The zero-order chi connectivity index (χ0) is 12.1. The first-order valence-electron chi connectivity index (χ1n) is 5.16. The molecule has 2 aromatic rings. The summed E-state index contributed by atoms with van der Waals surface area (Å²) in [6.45, 7) is 0. The third-order valence-corrected chi connectivity index (χ3v) is 2.14. The van der Waals surface area contributed by atoms with Gasteiger partial charge in [-0.15, -0.1) is 0 Å². The van der Waals surface area contributed by atoms with Crippen molar-refractivity contribution in [2.75, 3.05) is 12.4 Å². The molecule has 0 aliphatic rings. The van der Waals surface area contributed by atoms with Gasteiger partial charge in [0.15, 0.2) is 0 Å². The van der Waals surface area contributed by atoms with Crippen LogP contribution in [0.4, 0.5) is 11.5 Å². The molecule has 0 aliphatic carbocycles. The second-order valence-electron chi connectivity index (χ2n) is 3.35. The number of carbonyl (C=O) groups is 1. The number of anilines is 2. The van der Waals surface area contributed by atoms with Gasteiger partial charge in [-0.3, -0.25) is 9.78 Å². The van der Waals surface area contributed by atoms with Gasteiger partial charge in [-0.05, 0) is 24.3 Å². The van der Waals surface area contributed by atoms with E-state index in [0.29, 0.717) is 11.5 Å². The van der Waals surface area contributed by atoms with Crippen molar-refractivity contribution in [1.29, 1.82) is 0 Å². The molecule has 0 aliphatic heterocycles. The molecule has 17 heavy (non-hydrogen) atoms. The van der Waals surface area contributed by atoms with Crippen molar-refractivity contribution in [2.24, 2.45) is 0 Å². The Balaban J connectivity index is 2.20. The number of nitrogens with zero attached hydrogens (tertiary/aromatic N) is 2. The summed E-state index contributed by atoms with van der Waals surface area (Å²) in [6, 6.07) is 8.93. The maximum atomic E-state index is 11.4. The second-order valence-corrected chi connectivity index (χ2v) is 3.35. The van der Waals surface area contributed by atoms with Crippen molar-refractivity contribution in [2.45, 2.75) is 0 Å². The Morgan fingerprint density at radius 2 is 2.12 bits per heavy atom. The number of rotatable bonds is 3. The topological polar surface area (TPSA) is 66.9 Å². The third kappa shape index (κ3) is 2.78. The highest BCUT2D eigenvalue weighted by Gasteiger charge is 2.05. The highest BCUT2D eigenvalue weighted by atomic mass is 16.1. The van der Waals surface area contributed by atoms with E-state index in [1.54, 1.807) is 37.6 Å². The lowest BCUT2D eigenvalue weighted by molar-refractivity contribution is 0.0958. The van der Waals surface area contributed by atoms with Gasteiger partial charge in [0.05, 0.1) is 11.9 Å². The maximum Gasteiger partial charge on any atom is 0.269 e. The number of aromatic nitrogens is 2. The predicted molar refractivity (Wildman–Crippen MR) is 65.1 cm³/mol. The van der Waals surface area contributed by atoms with Gasteiger partial charge in [0, 0.05) is 13.2 Å². The van der Waals surface area contributed by atoms with E-state index in [1.165, 1.54) is 0 Å². The Labute approximate surface area is 98.9 Å². The van der Waals surface area contributed by atoms with E-state index < -0.39 is 0 Å². The average Bonchev–Trinajstić information content (AvgIpc) is 2.39. The van der Waals surface area contributed by atoms with Crippen LogP contribution in [0.15, 0.2) is 42.7 Å². The summed E-state index contributed by atoms with van der Waals surface area (Å²) in [5, 5.41) is 5.60. The molecule has 0 atom stereocenters. The van der Waals surface area contributed by atoms with Crippen LogP contribution in [0.1, 0.15) is 10.5 Å². The molecule has 2 N–H and O–H groups in total. The van der Waals surface area contributed by atoms with E-state index in [9.17, 15) is 4.79 Å². The third-order valence-electron chi connectivity index (χ3n) is 2.14. The zero-order valence-corrected chi connectivity index (χ0v) is 9.34. The van der Waals surface area contributed by atoms with Crippen LogP contribution < -0.4 is 10.6 Å². The van der Waals surface area contributed by atoms with Crippen LogP contribution >= 0.6 is 0 Å². The summed E-state index contributed by atoms with van der Waals surface area (Å²) in [5.74, 6) is 0.402. The van der Waals surface area contributed by atoms with Gasteiger partial charge >= 0.3 is 0 Å². The Hall–Kier alpha value is -2.43. The molecule has 1 amide bonds. The fraction of sp³-hybridized carbons (Fsp3) is 0.0833. The van der Waals surface area contributed by atoms with Crippen molar-refractivity contribution in [1.82, 2.24) is 15.3 Å². The number of amides is 1. The minimum absolute atomic E-state index is 0.208. The quantitative estimate of drug-likeness (QED) is 0.837. The largest absolute Gasteiger partial charge is 0.354 e. The monoisotopic (exact) mass is 228 g/mol. The SMILES string of the molecule is CNC(=O)c1cccc(Nc2cccnc2)n1. The van der Waals surface area contributed by atoms with Crippen molar-refractivity contribution in [3.8, 4) is 0 Å². The van der Waals surface area contributed by atoms with Crippen LogP contribution in [0.2, 0.25) is 0 Å². The summed E-state index contributed by atoms with van der Waals surface area (Å²) >= 11 is 0. The molecule has 2 rings (SSSR count). The smallest absolute Gasteiger partial charge is 0.269 e. The molecule has 0 radical (unpaired) electrons. The summed E-state index contributed by atoms with van der Waals surface area (Å²) < 4.78 is 0. The molecule has 5 nitrogen and oxygen atoms in total. The normalized spacial score (nSPS) is 9.71. The molecule has 86 valence electrons. The van der Waals surface area contributed by atoms with Gasteiger partial charge in [0.2, 0.25) is 0 Å². The van der Waals surface area contributed by atoms with E-state index >= 15 is 0 Å². The van der Waals surface area contributed by atoms with E-state index in [2.05, 4.69) is 20.6 Å². The maximum absolute atomic E-state index is 11.4. The van der Waals surface area contributed by atoms with E-state index in [0.717, 1.165) is 5.69 Å². The summed E-state index contributed by atoms with van der Waals surface area (Å²) in [7, 11) is 1.57. The first-order chi connectivity index (χ1) is 8.29. The van der Waals surface area contributed by atoms with Gasteiger partial charge in [-0.25, -0.2) is 4.98 Å². The van der Waals surface area contributed by atoms with Gasteiger partial charge in [0.25, 0.3) is 5.91 Å². The minimum Gasteiger partial charge on any atom is -0.354 e. The zero-order valence-electron chi connectivity index (χ0n) is 9.34. The second kappa shape index (κ2) is 5.07. The summed E-state index contributed by atoms with van der Waals surface area (Å²) in [5.41, 5.74) is 1.20. The van der Waals surface area contributed by atoms with Crippen LogP contribution in [-0.2, 0) is 0 Å². The highest BCUT2D eigenvalue weighted by molar-refractivity contribution is 5.92. The van der Waals surface area contributed by atoms with E-state index in [-0.39, 0.29) is 5.91 Å². The molecule has 0 saturated carbocycles. The van der Waals surface area contributed by atoms with Crippen LogP contribution in [0.5, 0.6) is 0 Å². The Morgan fingerprint density at radius 3 is 2.82 bits per heavy atom. The first kappa shape index (κ1) is 11.1. The molecule has 2 heterocycles. The lowest BCUT2D eigenvalue weighted by Gasteiger charge is -2.06. The van der Waals surface area contributed by atoms with Gasteiger partial charge in [0.1, 0.15) is 11.5 Å². The van der Waals surface area contributed by atoms with Crippen LogP contribution in [0, 0.1) is 0 Å². The van der Waals surface area contributed by atoms with Crippen LogP contribution in [0.25, 0.3) is 0 Å². The number of pyridine rings is 2. The van der Waals surface area contributed by atoms with Crippen molar-refractivity contribution >= 4 is 17.4 Å². The molecule has 0 bridgehead atoms. The molecule has 0 fully saturated rings. The van der Waals surface area contributed by atoms with Crippen LogP contribution in [0.3, 0.4) is 0 Å². The molecular formula is C12H12N4O. The molecule has 0 unspecified atom stereocenters. The summed E-state index contributed by atoms with van der Waals surface area (Å²) in [6.07, 6.45) is 3.38. The Kier molecular flexibility index (Phi) is 3.30. The predicted octanol–water partition coefficient (Wildman–Crippen LogP) is 1.58. The standard InChI is InChI=1S/C12H12N4O/c1-13-12(17)10-5-2-6-11(16-10)15-9-4-3-7-14-8-9/h2-8H,1H3,(H,13,17)(H,15,16). The number of carbonyl (C=O) groups excluding carboxylic acids is 1. The minimum atomic E-state index is -0.208. The lowest BCUT2D eigenvalue weighted by Crippen LogP contribution is -2.19. The van der Waals surface area contributed by atoms with Gasteiger partial charge < -0.3 is 10.6 Å². The van der Waals surface area contributed by atoms with Crippen molar-refractivity contribution in [3.63, 3.8) is 0 Å². The van der Waals surface area contributed by atoms with Gasteiger partial charge in [-0.1, -0.05) is 6.07 Å². The van der Waals surface area contributed by atoms with E-state index in [1.807, 2.05) is 12.1 Å².